The van der Waals surface area contributed by atoms with E-state index in [-0.39, 0.29) is 0 Å². The number of carbonyl (C=O) groups is 1. The number of benzene rings is 1. The van der Waals surface area contributed by atoms with E-state index in [1.807, 2.05) is 0 Å². The summed E-state index contributed by atoms with van der Waals surface area (Å²) in [4.78, 5) is 10.9. The van der Waals surface area contributed by atoms with Gasteiger partial charge in [-0.25, -0.2) is 0 Å². The van der Waals surface area contributed by atoms with Gasteiger partial charge >= 0.3 is 0 Å². The molecule has 0 aliphatic rings. The first-order valence-electron chi connectivity index (χ1n) is 4.46. The van der Waals surface area contributed by atoms with Crippen LogP contribution in [0.3, 0.4) is 0 Å². The SMILES string of the molecule is COCCOc1cc(C(N)=O)ccc1N. The summed E-state index contributed by atoms with van der Waals surface area (Å²) in [5.74, 6) is -0.0602. The Kier molecular flexibility index (Phi) is 3.93. The second-order valence-electron chi connectivity index (χ2n) is 2.96. The number of methoxy groups -OCH3 is 1. The molecule has 1 amide bonds. The number of hydrogen-bond donors (Lipinski definition) is 2. The predicted octanol–water partition coefficient (Wildman–Crippen LogP) is 0.393. The molecule has 5 nitrogen and oxygen atoms in total. The van der Waals surface area contributed by atoms with Crippen molar-refractivity contribution in [2.45, 2.75) is 0 Å². The molecule has 4 N–H and O–H groups in total. The fourth-order valence-electron chi connectivity index (χ4n) is 1.05. The highest BCUT2D eigenvalue weighted by molar-refractivity contribution is 5.93. The Morgan fingerprint density at radius 3 is 2.73 bits per heavy atom. The number of nitrogen functional groups attached to an aromatic ring is 1. The molecule has 0 saturated carbocycles. The number of primary amides is 1. The highest BCUT2D eigenvalue weighted by Gasteiger charge is 2.05. The molecular weight excluding hydrogens is 196 g/mol. The van der Waals surface area contributed by atoms with Gasteiger partial charge in [0, 0.05) is 12.7 Å². The quantitative estimate of drug-likeness (QED) is 0.543. The topological polar surface area (TPSA) is 87.6 Å². The molecular formula is C10H14N2O3. The van der Waals surface area contributed by atoms with Crippen LogP contribution in [0.5, 0.6) is 5.75 Å². The third-order valence-corrected chi connectivity index (χ3v) is 1.84. The normalized spacial score (nSPS) is 9.93. The smallest absolute Gasteiger partial charge is 0.248 e. The van der Waals surface area contributed by atoms with Crippen LogP contribution >= 0.6 is 0 Å². The average molecular weight is 210 g/mol. The van der Waals surface area contributed by atoms with E-state index >= 15 is 0 Å². The van der Waals surface area contributed by atoms with Crippen LogP contribution in [0.4, 0.5) is 5.69 Å². The highest BCUT2D eigenvalue weighted by atomic mass is 16.5. The number of hydrogen-bond acceptors (Lipinski definition) is 4. The predicted molar refractivity (Wildman–Crippen MR) is 56.7 cm³/mol. The second-order valence-corrected chi connectivity index (χ2v) is 2.96. The van der Waals surface area contributed by atoms with Gasteiger partial charge in [-0.2, -0.15) is 0 Å². The molecule has 0 saturated heterocycles. The molecule has 0 radical (unpaired) electrons. The summed E-state index contributed by atoms with van der Waals surface area (Å²) in [6.07, 6.45) is 0. The number of anilines is 1. The Morgan fingerprint density at radius 1 is 1.40 bits per heavy atom. The van der Waals surface area contributed by atoms with E-state index in [9.17, 15) is 4.79 Å². The molecule has 0 heterocycles. The summed E-state index contributed by atoms with van der Waals surface area (Å²) in [6, 6.07) is 4.66. The van der Waals surface area contributed by atoms with Crippen molar-refractivity contribution in [1.29, 1.82) is 0 Å². The minimum atomic E-state index is -0.508. The first-order valence-corrected chi connectivity index (χ1v) is 4.46. The third-order valence-electron chi connectivity index (χ3n) is 1.84. The summed E-state index contributed by atoms with van der Waals surface area (Å²) in [7, 11) is 1.58. The molecule has 1 rings (SSSR count). The van der Waals surface area contributed by atoms with Crippen molar-refractivity contribution in [3.63, 3.8) is 0 Å². The highest BCUT2D eigenvalue weighted by Crippen LogP contribution is 2.22. The molecule has 0 aliphatic heterocycles. The minimum absolute atomic E-state index is 0.372. The maximum absolute atomic E-state index is 10.9. The van der Waals surface area contributed by atoms with Crippen molar-refractivity contribution < 1.29 is 14.3 Å². The van der Waals surface area contributed by atoms with Gasteiger partial charge in [-0.15, -0.1) is 0 Å². The van der Waals surface area contributed by atoms with Crippen molar-refractivity contribution in [2.75, 3.05) is 26.1 Å². The molecule has 0 aliphatic carbocycles. The minimum Gasteiger partial charge on any atom is -0.489 e. The molecule has 82 valence electrons. The van der Waals surface area contributed by atoms with E-state index in [0.717, 1.165) is 0 Å². The fourth-order valence-corrected chi connectivity index (χ4v) is 1.05. The molecule has 1 aromatic carbocycles. The Hall–Kier alpha value is -1.75. The number of ether oxygens (including phenoxy) is 2. The zero-order chi connectivity index (χ0) is 11.3. The van der Waals surface area contributed by atoms with Gasteiger partial charge in [0.15, 0.2) is 0 Å². The van der Waals surface area contributed by atoms with Crippen molar-refractivity contribution in [3.8, 4) is 5.75 Å². The molecule has 0 fully saturated rings. The van der Waals surface area contributed by atoms with Gasteiger partial charge in [0.2, 0.25) is 5.91 Å². The summed E-state index contributed by atoms with van der Waals surface area (Å²) < 4.78 is 10.1. The van der Waals surface area contributed by atoms with Gasteiger partial charge in [0.05, 0.1) is 12.3 Å². The lowest BCUT2D eigenvalue weighted by Gasteiger charge is -2.09. The fraction of sp³-hybridized carbons (Fsp3) is 0.300. The van der Waals surface area contributed by atoms with E-state index in [2.05, 4.69) is 0 Å². The van der Waals surface area contributed by atoms with Crippen LogP contribution < -0.4 is 16.2 Å². The number of nitrogens with two attached hydrogens (primary N) is 2. The molecule has 1 aromatic rings. The number of rotatable bonds is 5. The number of carbonyl (C=O) groups excluding carboxylic acids is 1. The third kappa shape index (κ3) is 3.14. The van der Waals surface area contributed by atoms with Crippen LogP contribution in [0.1, 0.15) is 10.4 Å². The van der Waals surface area contributed by atoms with Crippen LogP contribution in [-0.4, -0.2) is 26.2 Å². The van der Waals surface area contributed by atoms with Crippen molar-refractivity contribution in [2.24, 2.45) is 5.73 Å². The molecule has 15 heavy (non-hydrogen) atoms. The van der Waals surface area contributed by atoms with E-state index in [4.69, 9.17) is 20.9 Å². The summed E-state index contributed by atoms with van der Waals surface area (Å²) in [5, 5.41) is 0. The van der Waals surface area contributed by atoms with Gasteiger partial charge in [-0.1, -0.05) is 0 Å². The first-order chi connectivity index (χ1) is 7.15. The van der Waals surface area contributed by atoms with Crippen molar-refractivity contribution in [1.82, 2.24) is 0 Å². The van der Waals surface area contributed by atoms with E-state index in [1.54, 1.807) is 19.2 Å². The number of amides is 1. The van der Waals surface area contributed by atoms with Crippen molar-refractivity contribution in [3.05, 3.63) is 23.8 Å². The summed E-state index contributed by atoms with van der Waals surface area (Å²) in [6.45, 7) is 0.836. The Labute approximate surface area is 88.0 Å². The van der Waals surface area contributed by atoms with Crippen LogP contribution in [-0.2, 0) is 4.74 Å². The lowest BCUT2D eigenvalue weighted by molar-refractivity contribution is 0.0999. The van der Waals surface area contributed by atoms with Gasteiger partial charge in [0.25, 0.3) is 0 Å². The van der Waals surface area contributed by atoms with Gasteiger partial charge in [0.1, 0.15) is 12.4 Å². The van der Waals surface area contributed by atoms with Crippen LogP contribution in [0.2, 0.25) is 0 Å². The lowest BCUT2D eigenvalue weighted by Crippen LogP contribution is -2.12. The monoisotopic (exact) mass is 210 g/mol. The first kappa shape index (κ1) is 11.3. The second kappa shape index (κ2) is 5.21. The Morgan fingerprint density at radius 2 is 2.13 bits per heavy atom. The van der Waals surface area contributed by atoms with E-state index in [1.165, 1.54) is 6.07 Å². The van der Waals surface area contributed by atoms with Gasteiger partial charge in [-0.05, 0) is 18.2 Å². The van der Waals surface area contributed by atoms with Crippen LogP contribution in [0, 0.1) is 0 Å². The van der Waals surface area contributed by atoms with Gasteiger partial charge < -0.3 is 20.9 Å². The largest absolute Gasteiger partial charge is 0.489 e. The molecule has 0 spiro atoms. The van der Waals surface area contributed by atoms with Crippen LogP contribution in [0.15, 0.2) is 18.2 Å². The molecule has 0 atom stereocenters. The maximum atomic E-state index is 10.9. The van der Waals surface area contributed by atoms with E-state index < -0.39 is 5.91 Å². The van der Waals surface area contributed by atoms with Crippen LogP contribution in [0.25, 0.3) is 0 Å². The Bertz CT molecular complexity index is 353. The summed E-state index contributed by atoms with van der Waals surface area (Å²) >= 11 is 0. The molecule has 0 aromatic heterocycles. The standard InChI is InChI=1S/C10H14N2O3/c1-14-4-5-15-9-6-7(10(12)13)2-3-8(9)11/h2-3,6H,4-5,11H2,1H3,(H2,12,13). The molecule has 0 unspecified atom stereocenters. The average Bonchev–Trinajstić information content (AvgIpc) is 2.20. The zero-order valence-electron chi connectivity index (χ0n) is 8.53. The Balaban J connectivity index is 2.76. The summed E-state index contributed by atoms with van der Waals surface area (Å²) in [5.41, 5.74) is 11.6. The molecule has 5 heteroatoms. The maximum Gasteiger partial charge on any atom is 0.248 e. The van der Waals surface area contributed by atoms with E-state index in [0.29, 0.717) is 30.2 Å². The van der Waals surface area contributed by atoms with Gasteiger partial charge in [-0.3, -0.25) is 4.79 Å². The zero-order valence-corrected chi connectivity index (χ0v) is 8.53. The lowest BCUT2D eigenvalue weighted by atomic mass is 10.2. The molecule has 0 bridgehead atoms. The van der Waals surface area contributed by atoms with Crippen molar-refractivity contribution >= 4 is 11.6 Å².